The van der Waals surface area contributed by atoms with Crippen LogP contribution in [0.25, 0.3) is 11.4 Å². The normalized spacial score (nSPS) is 10.4. The monoisotopic (exact) mass is 249 g/mol. The quantitative estimate of drug-likeness (QED) is 0.764. The Morgan fingerprint density at radius 2 is 2.33 bits per heavy atom. The van der Waals surface area contributed by atoms with Gasteiger partial charge in [0, 0.05) is 30.8 Å². The Morgan fingerprint density at radius 3 is 3.06 bits per heavy atom. The summed E-state index contributed by atoms with van der Waals surface area (Å²) in [6.45, 7) is 0.390. The Kier molecular flexibility index (Phi) is 3.46. The van der Waals surface area contributed by atoms with Crippen LogP contribution < -0.4 is 5.56 Å². The molecule has 0 bridgehead atoms. The van der Waals surface area contributed by atoms with Gasteiger partial charge in [0.1, 0.15) is 0 Å². The molecular weight excluding hydrogens is 238 g/mol. The van der Waals surface area contributed by atoms with Crippen LogP contribution in [0.5, 0.6) is 0 Å². The molecule has 0 unspecified atom stereocenters. The summed E-state index contributed by atoms with van der Waals surface area (Å²) in [5.74, 6) is -0.410. The molecule has 0 radical (unpaired) electrons. The van der Waals surface area contributed by atoms with Crippen molar-refractivity contribution < 1.29 is 9.90 Å². The third-order valence-corrected chi connectivity index (χ3v) is 2.33. The molecule has 0 amide bonds. The fourth-order valence-corrected chi connectivity index (χ4v) is 1.53. The van der Waals surface area contributed by atoms with E-state index in [9.17, 15) is 9.59 Å². The van der Waals surface area contributed by atoms with E-state index in [-0.39, 0.29) is 12.0 Å². The Labute approximate surface area is 101 Å². The molecule has 8 nitrogen and oxygen atoms in total. The van der Waals surface area contributed by atoms with Gasteiger partial charge in [0.25, 0.3) is 0 Å². The number of pyridine rings is 1. The molecule has 8 heteroatoms. The van der Waals surface area contributed by atoms with Crippen LogP contribution in [0.3, 0.4) is 0 Å². The number of hydrogen-bond acceptors (Lipinski definition) is 5. The fourth-order valence-electron chi connectivity index (χ4n) is 1.53. The van der Waals surface area contributed by atoms with Crippen molar-refractivity contribution in [2.45, 2.75) is 19.4 Å². The predicted molar refractivity (Wildman–Crippen MR) is 60.7 cm³/mol. The number of aromatic amines is 1. The molecule has 0 spiro atoms. The first-order chi connectivity index (χ1) is 8.66. The minimum atomic E-state index is -0.860. The molecule has 2 rings (SSSR count). The number of aryl methyl sites for hydroxylation is 1. The lowest BCUT2D eigenvalue weighted by atomic mass is 10.2. The Hall–Kier alpha value is -2.51. The largest absolute Gasteiger partial charge is 0.481 e. The molecule has 0 saturated heterocycles. The van der Waals surface area contributed by atoms with Gasteiger partial charge in [0.2, 0.25) is 5.56 Å². The molecule has 2 N–H and O–H groups in total. The van der Waals surface area contributed by atoms with E-state index >= 15 is 0 Å². The van der Waals surface area contributed by atoms with Crippen LogP contribution >= 0.6 is 0 Å². The van der Waals surface area contributed by atoms with Gasteiger partial charge in [-0.2, -0.15) is 0 Å². The van der Waals surface area contributed by atoms with Crippen molar-refractivity contribution in [2.75, 3.05) is 0 Å². The molecule has 2 aromatic heterocycles. The van der Waals surface area contributed by atoms with Crippen LogP contribution in [0.2, 0.25) is 0 Å². The van der Waals surface area contributed by atoms with Gasteiger partial charge in [-0.15, -0.1) is 5.10 Å². The molecule has 94 valence electrons. The van der Waals surface area contributed by atoms with Crippen molar-refractivity contribution in [3.05, 3.63) is 28.7 Å². The highest BCUT2D eigenvalue weighted by Gasteiger charge is 2.09. The summed E-state index contributed by atoms with van der Waals surface area (Å²) in [6, 6.07) is 3.07. The molecule has 0 fully saturated rings. The molecular formula is C10H11N5O3. The number of aromatic nitrogens is 5. The number of hydrogen-bond donors (Lipinski definition) is 2. The standard InChI is InChI=1S/C10H11N5O3/c16-8-6-7(3-4-11-8)10-12-13-14-15(10)5-1-2-9(17)18/h3-4,6H,1-2,5H2,(H,11,16)(H,17,18). The predicted octanol–water partition coefficient (Wildman–Crippen LogP) is -0.107. The first kappa shape index (κ1) is 12.0. The van der Waals surface area contributed by atoms with E-state index in [0.29, 0.717) is 24.4 Å². The molecule has 2 aromatic rings. The van der Waals surface area contributed by atoms with Crippen molar-refractivity contribution >= 4 is 5.97 Å². The van der Waals surface area contributed by atoms with E-state index in [4.69, 9.17) is 5.11 Å². The van der Waals surface area contributed by atoms with Crippen molar-refractivity contribution in [1.82, 2.24) is 25.2 Å². The number of carboxylic acids is 1. The molecule has 0 aromatic carbocycles. The van der Waals surface area contributed by atoms with Crippen LogP contribution in [0.15, 0.2) is 23.1 Å². The number of carboxylic acid groups (broad SMARTS) is 1. The van der Waals surface area contributed by atoms with E-state index in [0.717, 1.165) is 0 Å². The number of nitrogens with one attached hydrogen (secondary N) is 1. The van der Waals surface area contributed by atoms with Gasteiger partial charge in [0.15, 0.2) is 5.82 Å². The van der Waals surface area contributed by atoms with Crippen molar-refractivity contribution in [1.29, 1.82) is 0 Å². The van der Waals surface area contributed by atoms with Crippen LogP contribution in [-0.4, -0.2) is 36.3 Å². The van der Waals surface area contributed by atoms with E-state index in [1.807, 2.05) is 0 Å². The van der Waals surface area contributed by atoms with Crippen molar-refractivity contribution in [3.63, 3.8) is 0 Å². The summed E-state index contributed by atoms with van der Waals surface area (Å²) in [4.78, 5) is 24.1. The highest BCUT2D eigenvalue weighted by Crippen LogP contribution is 2.12. The van der Waals surface area contributed by atoms with E-state index < -0.39 is 5.97 Å². The minimum Gasteiger partial charge on any atom is -0.481 e. The lowest BCUT2D eigenvalue weighted by Crippen LogP contribution is -2.08. The summed E-state index contributed by atoms with van der Waals surface area (Å²) in [7, 11) is 0. The van der Waals surface area contributed by atoms with E-state index in [1.54, 1.807) is 6.07 Å². The second kappa shape index (κ2) is 5.21. The lowest BCUT2D eigenvalue weighted by molar-refractivity contribution is -0.137. The smallest absolute Gasteiger partial charge is 0.303 e. The molecule has 0 aliphatic heterocycles. The Balaban J connectivity index is 2.17. The van der Waals surface area contributed by atoms with Crippen LogP contribution in [0, 0.1) is 0 Å². The van der Waals surface area contributed by atoms with Crippen molar-refractivity contribution in [3.8, 4) is 11.4 Å². The summed E-state index contributed by atoms with van der Waals surface area (Å²) in [6.07, 6.45) is 1.99. The van der Waals surface area contributed by atoms with Gasteiger partial charge in [-0.1, -0.05) is 0 Å². The number of aliphatic carboxylic acids is 1. The zero-order valence-electron chi connectivity index (χ0n) is 9.41. The SMILES string of the molecule is O=C(O)CCCn1nnnc1-c1cc[nH]c(=O)c1. The molecule has 0 aliphatic carbocycles. The number of H-pyrrole nitrogens is 1. The fraction of sp³-hybridized carbons (Fsp3) is 0.300. The topological polar surface area (TPSA) is 114 Å². The second-order valence-electron chi connectivity index (χ2n) is 3.66. The number of carbonyl (C=O) groups is 1. The van der Waals surface area contributed by atoms with Crippen LogP contribution in [-0.2, 0) is 11.3 Å². The first-order valence-electron chi connectivity index (χ1n) is 5.34. The summed E-state index contributed by atoms with van der Waals surface area (Å²) < 4.78 is 1.48. The third kappa shape index (κ3) is 2.78. The first-order valence-corrected chi connectivity index (χ1v) is 5.34. The molecule has 0 saturated carbocycles. The number of nitrogens with zero attached hydrogens (tertiary/aromatic N) is 4. The minimum absolute atomic E-state index is 0.0503. The zero-order valence-corrected chi connectivity index (χ0v) is 9.41. The number of tetrazole rings is 1. The maximum absolute atomic E-state index is 11.2. The van der Waals surface area contributed by atoms with Gasteiger partial charge in [0.05, 0.1) is 0 Å². The van der Waals surface area contributed by atoms with Gasteiger partial charge in [-0.3, -0.25) is 9.59 Å². The molecule has 18 heavy (non-hydrogen) atoms. The zero-order chi connectivity index (χ0) is 13.0. The summed E-state index contributed by atoms with van der Waals surface area (Å²) in [5.41, 5.74) is 0.353. The highest BCUT2D eigenvalue weighted by atomic mass is 16.4. The van der Waals surface area contributed by atoms with E-state index in [2.05, 4.69) is 20.5 Å². The van der Waals surface area contributed by atoms with Gasteiger partial charge in [-0.25, -0.2) is 4.68 Å². The van der Waals surface area contributed by atoms with Gasteiger partial charge >= 0.3 is 5.97 Å². The maximum Gasteiger partial charge on any atom is 0.303 e. The van der Waals surface area contributed by atoms with Crippen LogP contribution in [0.4, 0.5) is 0 Å². The average Bonchev–Trinajstić information content (AvgIpc) is 2.77. The Bertz CT molecular complexity index is 603. The highest BCUT2D eigenvalue weighted by molar-refractivity contribution is 5.66. The van der Waals surface area contributed by atoms with E-state index in [1.165, 1.54) is 16.9 Å². The third-order valence-electron chi connectivity index (χ3n) is 2.33. The van der Waals surface area contributed by atoms with Gasteiger partial charge < -0.3 is 10.1 Å². The molecule has 0 aliphatic rings. The maximum atomic E-state index is 11.2. The lowest BCUT2D eigenvalue weighted by Gasteiger charge is -2.02. The molecule has 0 atom stereocenters. The van der Waals surface area contributed by atoms with Crippen molar-refractivity contribution in [2.24, 2.45) is 0 Å². The summed E-state index contributed by atoms with van der Waals surface area (Å²) in [5, 5.41) is 19.7. The van der Waals surface area contributed by atoms with Gasteiger partial charge in [-0.05, 0) is 22.9 Å². The second-order valence-corrected chi connectivity index (χ2v) is 3.66. The average molecular weight is 249 g/mol. The Morgan fingerprint density at radius 1 is 1.50 bits per heavy atom. The molecule has 2 heterocycles. The number of rotatable bonds is 5. The summed E-state index contributed by atoms with van der Waals surface area (Å²) >= 11 is 0. The van der Waals surface area contributed by atoms with Crippen LogP contribution in [0.1, 0.15) is 12.8 Å².